The van der Waals surface area contributed by atoms with Gasteiger partial charge in [-0.15, -0.1) is 10.2 Å². The van der Waals surface area contributed by atoms with Crippen molar-refractivity contribution in [2.45, 2.75) is 60.5 Å². The van der Waals surface area contributed by atoms with E-state index >= 15 is 0 Å². The molecule has 22 heavy (non-hydrogen) atoms. The number of nitrogens with zero attached hydrogens (tertiary/aromatic N) is 5. The van der Waals surface area contributed by atoms with Gasteiger partial charge in [-0.2, -0.15) is 4.37 Å². The Morgan fingerprint density at radius 3 is 2.91 bits per heavy atom. The first-order valence-electron chi connectivity index (χ1n) is 8.01. The molecule has 1 aliphatic carbocycles. The molecule has 2 fully saturated rings. The second-order valence-electron chi connectivity index (χ2n) is 5.92. The molecule has 8 heteroatoms. The van der Waals surface area contributed by atoms with Crippen LogP contribution in [0.4, 0.5) is 0 Å². The van der Waals surface area contributed by atoms with Crippen molar-refractivity contribution in [2.24, 2.45) is 0 Å². The molecule has 2 aliphatic rings. The monoisotopic (exact) mass is 336 g/mol. The van der Waals surface area contributed by atoms with Crippen LogP contribution >= 0.6 is 23.3 Å². The molecule has 6 nitrogen and oxygen atoms in total. The van der Waals surface area contributed by atoms with Crippen LogP contribution in [0.5, 0.6) is 0 Å². The summed E-state index contributed by atoms with van der Waals surface area (Å²) in [6.07, 6.45) is 5.80. The van der Waals surface area contributed by atoms with Gasteiger partial charge in [-0.05, 0) is 55.5 Å². The number of nitrogens with one attached hydrogen (secondary N) is 1. The lowest BCUT2D eigenvalue weighted by molar-refractivity contribution is 0.428. The van der Waals surface area contributed by atoms with Crippen LogP contribution < -0.4 is 5.32 Å². The summed E-state index contributed by atoms with van der Waals surface area (Å²) in [6.45, 7) is 4.23. The lowest BCUT2D eigenvalue weighted by Crippen LogP contribution is -2.30. The Morgan fingerprint density at radius 1 is 1.32 bits per heavy atom. The van der Waals surface area contributed by atoms with Crippen molar-refractivity contribution in [2.75, 3.05) is 13.1 Å². The number of aryl methyl sites for hydroxylation is 1. The van der Waals surface area contributed by atoms with Gasteiger partial charge in [0.05, 0.1) is 0 Å². The van der Waals surface area contributed by atoms with E-state index in [1.165, 1.54) is 37.2 Å². The zero-order chi connectivity index (χ0) is 14.9. The number of aromatic nitrogens is 5. The number of piperidine rings is 1. The van der Waals surface area contributed by atoms with E-state index < -0.39 is 0 Å². The zero-order valence-electron chi connectivity index (χ0n) is 12.7. The molecule has 2 aromatic heterocycles. The molecular formula is C14H20N6S2. The Kier molecular flexibility index (Phi) is 4.15. The molecule has 1 unspecified atom stereocenters. The van der Waals surface area contributed by atoms with Crippen LogP contribution in [-0.4, -0.2) is 37.2 Å². The first-order valence-corrected chi connectivity index (χ1v) is 9.60. The highest BCUT2D eigenvalue weighted by Crippen LogP contribution is 2.42. The fourth-order valence-corrected chi connectivity index (χ4v) is 4.60. The summed E-state index contributed by atoms with van der Waals surface area (Å²) < 4.78 is 7.70. The number of hydrogen-bond acceptors (Lipinski definition) is 7. The molecule has 0 amide bonds. The first-order chi connectivity index (χ1) is 10.8. The molecule has 0 aromatic carbocycles. The third-order valence-corrected chi connectivity index (χ3v) is 5.96. The Hall–Kier alpha value is -0.990. The van der Waals surface area contributed by atoms with E-state index in [0.29, 0.717) is 12.0 Å². The molecule has 0 bridgehead atoms. The van der Waals surface area contributed by atoms with Crippen LogP contribution in [-0.2, 0) is 6.42 Å². The summed E-state index contributed by atoms with van der Waals surface area (Å²) in [7, 11) is 0. The molecule has 118 valence electrons. The van der Waals surface area contributed by atoms with Crippen molar-refractivity contribution >= 4 is 23.3 Å². The maximum absolute atomic E-state index is 4.54. The minimum absolute atomic E-state index is 0.497. The van der Waals surface area contributed by atoms with E-state index in [1.807, 2.05) is 0 Å². The summed E-state index contributed by atoms with van der Waals surface area (Å²) in [5.74, 6) is 2.58. The quantitative estimate of drug-likeness (QED) is 0.905. The van der Waals surface area contributed by atoms with Gasteiger partial charge >= 0.3 is 0 Å². The molecule has 1 N–H and O–H groups in total. The van der Waals surface area contributed by atoms with Crippen molar-refractivity contribution in [1.82, 2.24) is 29.4 Å². The molecule has 1 atom stereocenters. The predicted molar refractivity (Wildman–Crippen MR) is 86.5 cm³/mol. The second-order valence-corrected chi connectivity index (χ2v) is 7.88. The van der Waals surface area contributed by atoms with Gasteiger partial charge in [0.1, 0.15) is 11.6 Å². The van der Waals surface area contributed by atoms with Gasteiger partial charge in [0, 0.05) is 24.9 Å². The van der Waals surface area contributed by atoms with Gasteiger partial charge in [0.2, 0.25) is 0 Å². The van der Waals surface area contributed by atoms with Gasteiger partial charge in [0.25, 0.3) is 0 Å². The molecule has 1 saturated carbocycles. The molecule has 1 aliphatic heterocycles. The van der Waals surface area contributed by atoms with E-state index in [2.05, 4.69) is 36.4 Å². The number of rotatable bonds is 5. The van der Waals surface area contributed by atoms with Gasteiger partial charge < -0.3 is 9.88 Å². The van der Waals surface area contributed by atoms with Crippen molar-refractivity contribution in [1.29, 1.82) is 0 Å². The van der Waals surface area contributed by atoms with Gasteiger partial charge in [-0.1, -0.05) is 6.92 Å². The first kappa shape index (κ1) is 14.6. The standard InChI is InChI=1S/C14H20N6S2/c1-2-11-16-14(22-19-11)21-13-18-17-12(20(13)10-5-6-10)9-4-3-7-15-8-9/h9-10,15H,2-8H2,1H3. The summed E-state index contributed by atoms with van der Waals surface area (Å²) in [4.78, 5) is 4.54. The SMILES string of the molecule is CCc1nsc(Sc2nnc(C3CCCNC3)n2C2CC2)n1. The molecule has 0 spiro atoms. The largest absolute Gasteiger partial charge is 0.316 e. The van der Waals surface area contributed by atoms with Crippen LogP contribution in [0.1, 0.15) is 56.2 Å². The van der Waals surface area contributed by atoms with Crippen LogP contribution in [0.2, 0.25) is 0 Å². The third-order valence-electron chi connectivity index (χ3n) is 4.21. The van der Waals surface area contributed by atoms with E-state index in [0.717, 1.165) is 40.7 Å². The maximum Gasteiger partial charge on any atom is 0.198 e. The van der Waals surface area contributed by atoms with E-state index in [1.54, 1.807) is 11.8 Å². The topological polar surface area (TPSA) is 68.5 Å². The summed E-state index contributed by atoms with van der Waals surface area (Å²) in [6, 6.07) is 0.591. The average Bonchev–Trinajstić information content (AvgIpc) is 3.15. The van der Waals surface area contributed by atoms with Gasteiger partial charge in [0.15, 0.2) is 9.50 Å². The number of hydrogen-bond donors (Lipinski definition) is 1. The maximum atomic E-state index is 4.54. The molecule has 0 radical (unpaired) electrons. The van der Waals surface area contributed by atoms with Crippen molar-refractivity contribution in [3.63, 3.8) is 0 Å². The highest BCUT2D eigenvalue weighted by Gasteiger charge is 2.33. The lowest BCUT2D eigenvalue weighted by atomic mass is 9.99. The van der Waals surface area contributed by atoms with E-state index in [4.69, 9.17) is 0 Å². The predicted octanol–water partition coefficient (Wildman–Crippen LogP) is 2.65. The summed E-state index contributed by atoms with van der Waals surface area (Å²) >= 11 is 3.08. The summed E-state index contributed by atoms with van der Waals surface area (Å²) in [5.41, 5.74) is 0. The second kappa shape index (κ2) is 6.25. The molecule has 3 heterocycles. The Bertz CT molecular complexity index is 642. The molecule has 4 rings (SSSR count). The Balaban J connectivity index is 1.60. The van der Waals surface area contributed by atoms with Crippen molar-refractivity contribution in [3.8, 4) is 0 Å². The minimum atomic E-state index is 0.497. The smallest absolute Gasteiger partial charge is 0.198 e. The Labute approximate surface area is 138 Å². The molecular weight excluding hydrogens is 316 g/mol. The highest BCUT2D eigenvalue weighted by atomic mass is 32.2. The zero-order valence-corrected chi connectivity index (χ0v) is 14.3. The average molecular weight is 336 g/mol. The van der Waals surface area contributed by atoms with Crippen LogP contribution in [0.25, 0.3) is 0 Å². The van der Waals surface area contributed by atoms with Crippen LogP contribution in [0.3, 0.4) is 0 Å². The van der Waals surface area contributed by atoms with E-state index in [9.17, 15) is 0 Å². The van der Waals surface area contributed by atoms with Crippen molar-refractivity contribution in [3.05, 3.63) is 11.6 Å². The van der Waals surface area contributed by atoms with Crippen LogP contribution in [0.15, 0.2) is 9.50 Å². The van der Waals surface area contributed by atoms with Crippen molar-refractivity contribution < 1.29 is 0 Å². The van der Waals surface area contributed by atoms with Crippen LogP contribution in [0, 0.1) is 0 Å². The fourth-order valence-electron chi connectivity index (χ4n) is 2.89. The molecule has 1 saturated heterocycles. The lowest BCUT2D eigenvalue weighted by Gasteiger charge is -2.22. The van der Waals surface area contributed by atoms with Gasteiger partial charge in [-0.3, -0.25) is 0 Å². The Morgan fingerprint density at radius 2 is 2.23 bits per heavy atom. The molecule has 2 aromatic rings. The van der Waals surface area contributed by atoms with Gasteiger partial charge in [-0.25, -0.2) is 4.98 Å². The van der Waals surface area contributed by atoms with E-state index in [-0.39, 0.29) is 0 Å². The summed E-state index contributed by atoms with van der Waals surface area (Å²) in [5, 5.41) is 13.5. The third kappa shape index (κ3) is 2.91. The normalized spacial score (nSPS) is 22.1. The minimum Gasteiger partial charge on any atom is -0.316 e. The fraction of sp³-hybridized carbons (Fsp3) is 0.714. The highest BCUT2D eigenvalue weighted by molar-refractivity contribution is 8.00.